The van der Waals surface area contributed by atoms with Crippen molar-refractivity contribution >= 4 is 11.6 Å². The van der Waals surface area contributed by atoms with Crippen LogP contribution in [0.2, 0.25) is 0 Å². The third kappa shape index (κ3) is 4.90. The zero-order valence-electron chi connectivity index (χ0n) is 14.0. The van der Waals surface area contributed by atoms with Crippen molar-refractivity contribution in [2.45, 2.75) is 32.0 Å². The summed E-state index contributed by atoms with van der Waals surface area (Å²) >= 11 is 0. The fourth-order valence-corrected chi connectivity index (χ4v) is 2.87. The lowest BCUT2D eigenvalue weighted by atomic mass is 10.1. The molecule has 1 heterocycles. The van der Waals surface area contributed by atoms with Crippen LogP contribution in [-0.4, -0.2) is 18.6 Å². The lowest BCUT2D eigenvalue weighted by Crippen LogP contribution is -2.26. The molecule has 2 aromatic rings. The van der Waals surface area contributed by atoms with Gasteiger partial charge in [-0.1, -0.05) is 24.3 Å². The number of carbonyl (C=O) groups is 1. The number of benzene rings is 2. The van der Waals surface area contributed by atoms with Gasteiger partial charge in [-0.2, -0.15) is 5.26 Å². The topological polar surface area (TPSA) is 74.2 Å². The molecule has 1 atom stereocenters. The predicted octanol–water partition coefficient (Wildman–Crippen LogP) is 2.97. The quantitative estimate of drug-likeness (QED) is 0.851. The number of anilines is 1. The van der Waals surface area contributed by atoms with Gasteiger partial charge in [0.2, 0.25) is 0 Å². The third-order valence-corrected chi connectivity index (χ3v) is 4.13. The maximum Gasteiger partial charge on any atom is 0.253 e. The molecule has 3 rings (SSSR count). The molecule has 1 saturated heterocycles. The Morgan fingerprint density at radius 1 is 1.16 bits per heavy atom. The second-order valence-corrected chi connectivity index (χ2v) is 6.11. The van der Waals surface area contributed by atoms with Crippen LogP contribution in [0, 0.1) is 11.3 Å². The first-order valence-corrected chi connectivity index (χ1v) is 8.46. The molecule has 0 unspecified atom stereocenters. The van der Waals surface area contributed by atoms with Crippen molar-refractivity contribution in [2.24, 2.45) is 0 Å². The first kappa shape index (κ1) is 17.2. The molecule has 0 radical (unpaired) electrons. The second-order valence-electron chi connectivity index (χ2n) is 6.11. The van der Waals surface area contributed by atoms with Gasteiger partial charge in [-0.15, -0.1) is 0 Å². The Balaban J connectivity index is 1.52. The Hall–Kier alpha value is -2.68. The number of nitrogens with one attached hydrogen (secondary N) is 2. The Morgan fingerprint density at radius 3 is 2.64 bits per heavy atom. The number of ether oxygens (including phenoxy) is 1. The highest BCUT2D eigenvalue weighted by Gasteiger charge is 2.23. The molecule has 1 amide bonds. The van der Waals surface area contributed by atoms with Gasteiger partial charge in [0.1, 0.15) is 6.10 Å². The molecule has 2 aromatic carbocycles. The SMILES string of the molecule is N#Cc1cccc(CNCc2cccc(NC(=O)[C@@H]3CCCO3)c2)c1. The molecular formula is C20H21N3O2. The number of carbonyl (C=O) groups excluding carboxylic acids is 1. The standard InChI is InChI=1S/C20H21N3O2/c21-12-15-4-1-5-16(10-15)13-22-14-17-6-2-7-18(11-17)23-20(24)19-8-3-9-25-19/h1-2,4-7,10-11,19,22H,3,8-9,13-14H2,(H,23,24)/t19-/m0/s1. The van der Waals surface area contributed by atoms with E-state index in [-0.39, 0.29) is 12.0 Å². The van der Waals surface area contributed by atoms with E-state index in [4.69, 9.17) is 10.00 Å². The summed E-state index contributed by atoms with van der Waals surface area (Å²) in [5.74, 6) is -0.0732. The Morgan fingerprint density at radius 2 is 1.92 bits per heavy atom. The summed E-state index contributed by atoms with van der Waals surface area (Å²) in [5, 5.41) is 15.2. The summed E-state index contributed by atoms with van der Waals surface area (Å²) in [6.45, 7) is 2.03. The van der Waals surface area contributed by atoms with Gasteiger partial charge in [0.05, 0.1) is 11.6 Å². The molecular weight excluding hydrogens is 314 g/mol. The molecule has 0 spiro atoms. The minimum Gasteiger partial charge on any atom is -0.368 e. The van der Waals surface area contributed by atoms with Gasteiger partial charge in [-0.3, -0.25) is 4.79 Å². The lowest BCUT2D eigenvalue weighted by Gasteiger charge is -2.12. The molecule has 25 heavy (non-hydrogen) atoms. The minimum absolute atomic E-state index is 0.0732. The van der Waals surface area contributed by atoms with Crippen molar-refractivity contribution in [3.8, 4) is 6.07 Å². The molecule has 1 fully saturated rings. The normalized spacial score (nSPS) is 16.4. The van der Waals surface area contributed by atoms with E-state index in [1.165, 1.54) is 0 Å². The van der Waals surface area contributed by atoms with Crippen molar-refractivity contribution in [3.63, 3.8) is 0 Å². The summed E-state index contributed by atoms with van der Waals surface area (Å²) in [6, 6.07) is 17.5. The van der Waals surface area contributed by atoms with Gasteiger partial charge in [-0.25, -0.2) is 0 Å². The number of nitrogens with zero attached hydrogens (tertiary/aromatic N) is 1. The molecule has 0 aromatic heterocycles. The second kappa shape index (κ2) is 8.43. The molecule has 5 nitrogen and oxygen atoms in total. The molecule has 5 heteroatoms. The monoisotopic (exact) mass is 335 g/mol. The average molecular weight is 335 g/mol. The van der Waals surface area contributed by atoms with Crippen LogP contribution in [0.4, 0.5) is 5.69 Å². The molecule has 2 N–H and O–H groups in total. The van der Waals surface area contributed by atoms with E-state index in [1.807, 2.05) is 42.5 Å². The van der Waals surface area contributed by atoms with Crippen molar-refractivity contribution in [1.29, 1.82) is 5.26 Å². The highest BCUT2D eigenvalue weighted by atomic mass is 16.5. The Labute approximate surface area is 147 Å². The number of amides is 1. The largest absolute Gasteiger partial charge is 0.368 e. The van der Waals surface area contributed by atoms with Crippen LogP contribution in [0.1, 0.15) is 29.5 Å². The van der Waals surface area contributed by atoms with Crippen molar-refractivity contribution in [1.82, 2.24) is 5.32 Å². The van der Waals surface area contributed by atoms with E-state index < -0.39 is 0 Å². The minimum atomic E-state index is -0.325. The summed E-state index contributed by atoms with van der Waals surface area (Å²) in [4.78, 5) is 12.1. The predicted molar refractivity (Wildman–Crippen MR) is 95.7 cm³/mol. The third-order valence-electron chi connectivity index (χ3n) is 4.13. The Kier molecular flexibility index (Phi) is 5.78. The van der Waals surface area contributed by atoms with E-state index in [2.05, 4.69) is 16.7 Å². The van der Waals surface area contributed by atoms with E-state index in [0.717, 1.165) is 29.7 Å². The maximum atomic E-state index is 12.1. The van der Waals surface area contributed by atoms with Crippen molar-refractivity contribution < 1.29 is 9.53 Å². The molecule has 1 aliphatic heterocycles. The molecule has 1 aliphatic rings. The zero-order valence-corrected chi connectivity index (χ0v) is 14.0. The highest BCUT2D eigenvalue weighted by molar-refractivity contribution is 5.94. The average Bonchev–Trinajstić information content (AvgIpc) is 3.17. The van der Waals surface area contributed by atoms with E-state index in [0.29, 0.717) is 25.3 Å². The van der Waals surface area contributed by atoms with Crippen molar-refractivity contribution in [2.75, 3.05) is 11.9 Å². The number of hydrogen-bond acceptors (Lipinski definition) is 4. The van der Waals surface area contributed by atoms with Crippen LogP contribution < -0.4 is 10.6 Å². The smallest absolute Gasteiger partial charge is 0.253 e. The molecule has 0 aliphatic carbocycles. The zero-order chi connectivity index (χ0) is 17.5. The first-order chi connectivity index (χ1) is 12.2. The van der Waals surface area contributed by atoms with Crippen molar-refractivity contribution in [3.05, 3.63) is 65.2 Å². The molecule has 128 valence electrons. The van der Waals surface area contributed by atoms with E-state index in [9.17, 15) is 4.79 Å². The summed E-state index contributed by atoms with van der Waals surface area (Å²) in [6.07, 6.45) is 1.40. The van der Waals surface area contributed by atoms with E-state index >= 15 is 0 Å². The summed E-state index contributed by atoms with van der Waals surface area (Å²) in [7, 11) is 0. The first-order valence-electron chi connectivity index (χ1n) is 8.46. The van der Waals surface area contributed by atoms with Gasteiger partial charge in [-0.05, 0) is 48.2 Å². The van der Waals surface area contributed by atoms with E-state index in [1.54, 1.807) is 6.07 Å². The van der Waals surface area contributed by atoms with Crippen LogP contribution in [0.25, 0.3) is 0 Å². The van der Waals surface area contributed by atoms with Gasteiger partial charge >= 0.3 is 0 Å². The summed E-state index contributed by atoms with van der Waals surface area (Å²) < 4.78 is 5.40. The van der Waals surface area contributed by atoms with Gasteiger partial charge in [0.15, 0.2) is 0 Å². The van der Waals surface area contributed by atoms with Gasteiger partial charge in [0.25, 0.3) is 5.91 Å². The van der Waals surface area contributed by atoms with Crippen LogP contribution in [0.5, 0.6) is 0 Å². The fourth-order valence-electron chi connectivity index (χ4n) is 2.87. The molecule has 0 saturated carbocycles. The number of nitriles is 1. The van der Waals surface area contributed by atoms with Crippen LogP contribution >= 0.6 is 0 Å². The molecule has 0 bridgehead atoms. The lowest BCUT2D eigenvalue weighted by molar-refractivity contribution is -0.124. The number of rotatable bonds is 6. The fraction of sp³-hybridized carbons (Fsp3) is 0.300. The Bertz CT molecular complexity index is 777. The maximum absolute atomic E-state index is 12.1. The van der Waals surface area contributed by atoms with Crippen LogP contribution in [0.3, 0.4) is 0 Å². The highest BCUT2D eigenvalue weighted by Crippen LogP contribution is 2.16. The van der Waals surface area contributed by atoms with Gasteiger partial charge < -0.3 is 15.4 Å². The summed E-state index contributed by atoms with van der Waals surface area (Å²) in [5.41, 5.74) is 3.60. The van der Waals surface area contributed by atoms with Gasteiger partial charge in [0, 0.05) is 25.4 Å². The van der Waals surface area contributed by atoms with Crippen LogP contribution in [0.15, 0.2) is 48.5 Å². The van der Waals surface area contributed by atoms with Crippen LogP contribution in [-0.2, 0) is 22.6 Å². The number of hydrogen-bond donors (Lipinski definition) is 2.